The molecule has 1 heterocycles. The molecule has 0 atom stereocenters. The maximum atomic E-state index is 11.6. The highest BCUT2D eigenvalue weighted by atomic mass is 16.2. The van der Waals surface area contributed by atoms with Crippen molar-refractivity contribution in [3.8, 4) is 0 Å². The summed E-state index contributed by atoms with van der Waals surface area (Å²) in [5, 5.41) is 9.05. The molecule has 0 aliphatic carbocycles. The van der Waals surface area contributed by atoms with E-state index >= 15 is 0 Å². The van der Waals surface area contributed by atoms with E-state index in [1.807, 2.05) is 6.07 Å². The summed E-state index contributed by atoms with van der Waals surface area (Å²) in [5.74, 6) is 0. The molecule has 2 amide bonds. The molecule has 0 saturated carbocycles. The van der Waals surface area contributed by atoms with Crippen LogP contribution in [0.5, 0.6) is 0 Å². The Morgan fingerprint density at radius 1 is 1.39 bits per heavy atom. The molecule has 0 spiro atoms. The molecule has 3 N–H and O–H groups in total. The van der Waals surface area contributed by atoms with Crippen LogP contribution in [0.3, 0.4) is 0 Å². The number of carbonyl (C=O) groups excluding carboxylic acids is 1. The van der Waals surface area contributed by atoms with E-state index in [4.69, 9.17) is 0 Å². The fourth-order valence-corrected chi connectivity index (χ4v) is 2.11. The zero-order valence-electron chi connectivity index (χ0n) is 10.9. The summed E-state index contributed by atoms with van der Waals surface area (Å²) >= 11 is 0. The summed E-state index contributed by atoms with van der Waals surface area (Å²) in [5.41, 5.74) is 3.53. The summed E-state index contributed by atoms with van der Waals surface area (Å²) in [7, 11) is 0. The molecule has 0 bridgehead atoms. The maximum Gasteiger partial charge on any atom is 0.319 e. The Morgan fingerprint density at radius 3 is 3.11 bits per heavy atom. The number of benzene rings is 1. The standard InChI is InChI=1S/C14H21N3O/c1-2-3-7-16-14(18)17-13-5-4-11-6-8-15-10-12(11)9-13/h4-5,9,15H,2-3,6-8,10H2,1H3,(H2,16,17,18). The van der Waals surface area contributed by atoms with Crippen LogP contribution in [0.25, 0.3) is 0 Å². The van der Waals surface area contributed by atoms with Gasteiger partial charge in [0.2, 0.25) is 0 Å². The molecule has 4 heteroatoms. The molecule has 0 radical (unpaired) electrons. The van der Waals surface area contributed by atoms with Gasteiger partial charge in [0, 0.05) is 18.8 Å². The summed E-state index contributed by atoms with van der Waals surface area (Å²) in [4.78, 5) is 11.6. The Hall–Kier alpha value is -1.55. The first kappa shape index (κ1) is 12.9. The van der Waals surface area contributed by atoms with E-state index in [-0.39, 0.29) is 6.03 Å². The van der Waals surface area contributed by atoms with E-state index < -0.39 is 0 Å². The van der Waals surface area contributed by atoms with E-state index in [0.717, 1.165) is 44.6 Å². The molecule has 1 aromatic carbocycles. The van der Waals surface area contributed by atoms with E-state index in [0.29, 0.717) is 0 Å². The second kappa shape index (κ2) is 6.40. The number of hydrogen-bond donors (Lipinski definition) is 3. The largest absolute Gasteiger partial charge is 0.338 e. The number of nitrogens with one attached hydrogen (secondary N) is 3. The lowest BCUT2D eigenvalue weighted by Crippen LogP contribution is -2.29. The topological polar surface area (TPSA) is 53.2 Å². The lowest BCUT2D eigenvalue weighted by Gasteiger charge is -2.18. The van der Waals surface area contributed by atoms with Gasteiger partial charge in [0.15, 0.2) is 0 Å². The number of rotatable bonds is 4. The normalized spacial score (nSPS) is 13.8. The van der Waals surface area contributed by atoms with Crippen LogP contribution in [0.4, 0.5) is 10.5 Å². The third kappa shape index (κ3) is 3.47. The third-order valence-corrected chi connectivity index (χ3v) is 3.17. The van der Waals surface area contributed by atoms with Gasteiger partial charge in [0.05, 0.1) is 0 Å². The second-order valence-electron chi connectivity index (χ2n) is 4.64. The quantitative estimate of drug-likeness (QED) is 0.715. The van der Waals surface area contributed by atoms with Crippen molar-refractivity contribution in [3.05, 3.63) is 29.3 Å². The van der Waals surface area contributed by atoms with Gasteiger partial charge in [0.1, 0.15) is 0 Å². The molecule has 0 unspecified atom stereocenters. The van der Waals surface area contributed by atoms with Crippen molar-refractivity contribution in [3.63, 3.8) is 0 Å². The maximum absolute atomic E-state index is 11.6. The van der Waals surface area contributed by atoms with Gasteiger partial charge in [0.25, 0.3) is 0 Å². The van der Waals surface area contributed by atoms with Gasteiger partial charge < -0.3 is 16.0 Å². The van der Waals surface area contributed by atoms with Gasteiger partial charge in [-0.1, -0.05) is 19.4 Å². The van der Waals surface area contributed by atoms with Crippen LogP contribution in [-0.4, -0.2) is 19.1 Å². The van der Waals surface area contributed by atoms with Crippen LogP contribution in [0, 0.1) is 0 Å². The Labute approximate surface area is 108 Å². The lowest BCUT2D eigenvalue weighted by atomic mass is 10.0. The molecule has 0 fully saturated rings. The molecule has 1 aliphatic heterocycles. The number of carbonyl (C=O) groups is 1. The van der Waals surface area contributed by atoms with Crippen LogP contribution in [-0.2, 0) is 13.0 Å². The van der Waals surface area contributed by atoms with Crippen LogP contribution in [0.1, 0.15) is 30.9 Å². The molecule has 2 rings (SSSR count). The number of fused-ring (bicyclic) bond motifs is 1. The van der Waals surface area contributed by atoms with Crippen molar-refractivity contribution in [2.24, 2.45) is 0 Å². The zero-order valence-corrected chi connectivity index (χ0v) is 10.9. The van der Waals surface area contributed by atoms with Gasteiger partial charge in [-0.3, -0.25) is 0 Å². The minimum Gasteiger partial charge on any atom is -0.338 e. The number of hydrogen-bond acceptors (Lipinski definition) is 2. The van der Waals surface area contributed by atoms with Crippen LogP contribution in [0.15, 0.2) is 18.2 Å². The van der Waals surface area contributed by atoms with Crippen molar-refractivity contribution < 1.29 is 4.79 Å². The number of unbranched alkanes of at least 4 members (excludes halogenated alkanes) is 1. The van der Waals surface area contributed by atoms with Gasteiger partial charge in [-0.05, 0) is 42.6 Å². The number of anilines is 1. The molecular formula is C14H21N3O. The van der Waals surface area contributed by atoms with Crippen molar-refractivity contribution in [1.82, 2.24) is 10.6 Å². The van der Waals surface area contributed by atoms with Gasteiger partial charge in [-0.25, -0.2) is 4.79 Å². The van der Waals surface area contributed by atoms with E-state index in [1.165, 1.54) is 11.1 Å². The smallest absolute Gasteiger partial charge is 0.319 e. The van der Waals surface area contributed by atoms with Crippen LogP contribution >= 0.6 is 0 Å². The summed E-state index contributed by atoms with van der Waals surface area (Å²) in [6.45, 7) is 4.77. The number of urea groups is 1. The molecule has 0 aromatic heterocycles. The Kier molecular flexibility index (Phi) is 4.59. The summed E-state index contributed by atoms with van der Waals surface area (Å²) < 4.78 is 0. The Morgan fingerprint density at radius 2 is 2.28 bits per heavy atom. The third-order valence-electron chi connectivity index (χ3n) is 3.17. The second-order valence-corrected chi connectivity index (χ2v) is 4.64. The highest BCUT2D eigenvalue weighted by molar-refractivity contribution is 5.89. The highest BCUT2D eigenvalue weighted by Crippen LogP contribution is 2.18. The molecule has 18 heavy (non-hydrogen) atoms. The Bertz CT molecular complexity index is 418. The van der Waals surface area contributed by atoms with Crippen LogP contribution in [0.2, 0.25) is 0 Å². The summed E-state index contributed by atoms with van der Waals surface area (Å²) in [6, 6.07) is 6.02. The Balaban J connectivity index is 1.91. The minimum atomic E-state index is -0.118. The van der Waals surface area contributed by atoms with Crippen molar-refractivity contribution >= 4 is 11.7 Å². The average molecular weight is 247 g/mol. The predicted octanol–water partition coefficient (Wildman–Crippen LogP) is 2.25. The van der Waals surface area contributed by atoms with E-state index in [2.05, 4.69) is 35.0 Å². The van der Waals surface area contributed by atoms with Crippen molar-refractivity contribution in [2.45, 2.75) is 32.7 Å². The molecule has 0 saturated heterocycles. The van der Waals surface area contributed by atoms with Crippen molar-refractivity contribution in [2.75, 3.05) is 18.4 Å². The van der Waals surface area contributed by atoms with Gasteiger partial charge >= 0.3 is 6.03 Å². The average Bonchev–Trinajstić information content (AvgIpc) is 2.39. The first-order chi connectivity index (χ1) is 8.79. The fourth-order valence-electron chi connectivity index (χ4n) is 2.11. The van der Waals surface area contributed by atoms with Gasteiger partial charge in [-0.15, -0.1) is 0 Å². The fraction of sp³-hybridized carbons (Fsp3) is 0.500. The first-order valence-corrected chi connectivity index (χ1v) is 6.67. The van der Waals surface area contributed by atoms with Crippen LogP contribution < -0.4 is 16.0 Å². The number of amides is 2. The molecule has 1 aliphatic rings. The monoisotopic (exact) mass is 247 g/mol. The highest BCUT2D eigenvalue weighted by Gasteiger charge is 2.09. The lowest BCUT2D eigenvalue weighted by molar-refractivity contribution is 0.252. The van der Waals surface area contributed by atoms with E-state index in [1.54, 1.807) is 0 Å². The SMILES string of the molecule is CCCCNC(=O)Nc1ccc2c(c1)CNCC2. The van der Waals surface area contributed by atoms with E-state index in [9.17, 15) is 4.79 Å². The van der Waals surface area contributed by atoms with Crippen molar-refractivity contribution in [1.29, 1.82) is 0 Å². The molecule has 1 aromatic rings. The predicted molar refractivity (Wildman–Crippen MR) is 73.8 cm³/mol. The molecule has 98 valence electrons. The molecular weight excluding hydrogens is 226 g/mol. The first-order valence-electron chi connectivity index (χ1n) is 6.67. The summed E-state index contributed by atoms with van der Waals surface area (Å²) in [6.07, 6.45) is 3.17. The van der Waals surface area contributed by atoms with Gasteiger partial charge in [-0.2, -0.15) is 0 Å². The zero-order chi connectivity index (χ0) is 12.8. The minimum absolute atomic E-state index is 0.118. The molecule has 4 nitrogen and oxygen atoms in total.